The number of para-hydroxylation sites is 1. The number of nitrogens with one attached hydrogen (secondary N) is 2. The predicted octanol–water partition coefficient (Wildman–Crippen LogP) is 4.92. The fraction of sp³-hybridized carbons (Fsp3) is 0.360. The summed E-state index contributed by atoms with van der Waals surface area (Å²) in [4.78, 5) is 31.1. The van der Waals surface area contributed by atoms with Crippen LogP contribution < -0.4 is 16.2 Å². The molecular weight excluding hydrogens is 434 g/mol. The minimum absolute atomic E-state index is 0.111. The molecule has 0 radical (unpaired) electrons. The maximum Gasteiger partial charge on any atom is 0.283 e. The van der Waals surface area contributed by atoms with Gasteiger partial charge in [0.25, 0.3) is 11.5 Å². The first-order chi connectivity index (χ1) is 16.0. The summed E-state index contributed by atoms with van der Waals surface area (Å²) in [5.41, 5.74) is 2.93. The van der Waals surface area contributed by atoms with E-state index >= 15 is 0 Å². The zero-order valence-electron chi connectivity index (χ0n) is 18.8. The van der Waals surface area contributed by atoms with Crippen molar-refractivity contribution < 1.29 is 4.79 Å². The second-order valence-corrected chi connectivity index (χ2v) is 9.68. The van der Waals surface area contributed by atoms with Gasteiger partial charge in [0.05, 0.1) is 10.9 Å². The summed E-state index contributed by atoms with van der Waals surface area (Å²) in [6.45, 7) is 4.29. The summed E-state index contributed by atoms with van der Waals surface area (Å²) in [5, 5.41) is 12.0. The number of fused-ring (bicyclic) bond motifs is 2. The lowest BCUT2D eigenvalue weighted by Crippen LogP contribution is -2.41. The molecule has 2 heterocycles. The number of benzene rings is 2. The molecule has 0 aliphatic heterocycles. The zero-order chi connectivity index (χ0) is 22.9. The molecule has 5 rings (SSSR count). The number of rotatable bonds is 5. The lowest BCUT2D eigenvalue weighted by atomic mass is 9.86. The molecule has 2 unspecified atom stereocenters. The maximum absolute atomic E-state index is 13.1. The Morgan fingerprint density at radius 2 is 2.00 bits per heavy atom. The highest BCUT2D eigenvalue weighted by Crippen LogP contribution is 2.26. The van der Waals surface area contributed by atoms with Gasteiger partial charge in [0.1, 0.15) is 0 Å². The monoisotopic (exact) mass is 461 g/mol. The molecule has 2 atom stereocenters. The van der Waals surface area contributed by atoms with Crippen LogP contribution in [0.15, 0.2) is 47.3 Å². The molecule has 2 aromatic carbocycles. The average molecular weight is 462 g/mol. The van der Waals surface area contributed by atoms with E-state index < -0.39 is 0 Å². The number of anilines is 2. The molecule has 33 heavy (non-hydrogen) atoms. The van der Waals surface area contributed by atoms with Crippen LogP contribution in [0.2, 0.25) is 0 Å². The number of carbonyl (C=O) groups excluding carboxylic acids is 1. The normalized spacial score (nSPS) is 18.5. The second-order valence-electron chi connectivity index (χ2n) is 8.73. The Kier molecular flexibility index (Phi) is 5.85. The number of carbonyl (C=O) groups is 1. The predicted molar refractivity (Wildman–Crippen MR) is 133 cm³/mol. The SMILES string of the molecule is CCc1ccccc1Nc1nn2c(=O)c3ccc(C(=O)NC4CCCCC4C)cc3nc2s1. The Labute approximate surface area is 195 Å². The molecule has 7 nitrogen and oxygen atoms in total. The van der Waals surface area contributed by atoms with Crippen molar-refractivity contribution in [3.8, 4) is 0 Å². The molecule has 2 aromatic heterocycles. The van der Waals surface area contributed by atoms with Crippen molar-refractivity contribution in [2.24, 2.45) is 5.92 Å². The molecule has 0 spiro atoms. The fourth-order valence-corrected chi connectivity index (χ4v) is 5.36. The summed E-state index contributed by atoms with van der Waals surface area (Å²) in [6, 6.07) is 13.3. The molecule has 1 saturated carbocycles. The van der Waals surface area contributed by atoms with E-state index in [0.717, 1.165) is 31.4 Å². The molecular formula is C25H27N5O2S. The van der Waals surface area contributed by atoms with Crippen LogP contribution >= 0.6 is 11.3 Å². The quantitative estimate of drug-likeness (QED) is 0.440. The molecule has 1 amide bonds. The molecule has 170 valence electrons. The Bertz CT molecular complexity index is 1390. The molecule has 0 saturated heterocycles. The van der Waals surface area contributed by atoms with Gasteiger partial charge in [0.2, 0.25) is 10.1 Å². The molecule has 4 aromatic rings. The Morgan fingerprint density at radius 3 is 2.82 bits per heavy atom. The van der Waals surface area contributed by atoms with Crippen molar-refractivity contribution in [3.05, 3.63) is 63.9 Å². The molecule has 1 aliphatic rings. The zero-order valence-corrected chi connectivity index (χ0v) is 19.6. The molecule has 8 heteroatoms. The minimum Gasteiger partial charge on any atom is -0.349 e. The second kappa shape index (κ2) is 8.94. The third-order valence-electron chi connectivity index (χ3n) is 6.53. The van der Waals surface area contributed by atoms with Crippen molar-refractivity contribution in [2.75, 3.05) is 5.32 Å². The van der Waals surface area contributed by atoms with Crippen LogP contribution in [0, 0.1) is 5.92 Å². The van der Waals surface area contributed by atoms with E-state index in [-0.39, 0.29) is 17.5 Å². The van der Waals surface area contributed by atoms with Crippen LogP contribution in [-0.4, -0.2) is 26.5 Å². The van der Waals surface area contributed by atoms with E-state index in [0.29, 0.717) is 32.5 Å². The summed E-state index contributed by atoms with van der Waals surface area (Å²) in [7, 11) is 0. The Morgan fingerprint density at radius 1 is 1.18 bits per heavy atom. The minimum atomic E-state index is -0.240. The highest BCUT2D eigenvalue weighted by atomic mass is 32.1. The van der Waals surface area contributed by atoms with Gasteiger partial charge in [0, 0.05) is 17.3 Å². The molecule has 1 fully saturated rings. The van der Waals surface area contributed by atoms with Gasteiger partial charge in [-0.1, -0.05) is 56.2 Å². The van der Waals surface area contributed by atoms with Gasteiger partial charge in [-0.05, 0) is 55.0 Å². The van der Waals surface area contributed by atoms with Gasteiger partial charge in [-0.25, -0.2) is 4.98 Å². The van der Waals surface area contributed by atoms with Gasteiger partial charge in [0.15, 0.2) is 0 Å². The van der Waals surface area contributed by atoms with Gasteiger partial charge in [-0.2, -0.15) is 4.52 Å². The number of nitrogens with zero attached hydrogens (tertiary/aromatic N) is 3. The van der Waals surface area contributed by atoms with Crippen molar-refractivity contribution in [1.82, 2.24) is 19.9 Å². The molecule has 2 N–H and O–H groups in total. The topological polar surface area (TPSA) is 88.4 Å². The summed E-state index contributed by atoms with van der Waals surface area (Å²) >= 11 is 1.31. The largest absolute Gasteiger partial charge is 0.349 e. The number of aryl methyl sites for hydroxylation is 1. The third kappa shape index (κ3) is 4.23. The van der Waals surface area contributed by atoms with Crippen LogP contribution in [-0.2, 0) is 6.42 Å². The highest BCUT2D eigenvalue weighted by Gasteiger charge is 2.23. The number of amides is 1. The van der Waals surface area contributed by atoms with E-state index in [1.54, 1.807) is 18.2 Å². The Hall–Kier alpha value is -3.26. The lowest BCUT2D eigenvalue weighted by molar-refractivity contribution is 0.0910. The van der Waals surface area contributed by atoms with Gasteiger partial charge in [-0.15, -0.1) is 5.10 Å². The maximum atomic E-state index is 13.1. The first kappa shape index (κ1) is 21.6. The molecule has 1 aliphatic carbocycles. The van der Waals surface area contributed by atoms with Crippen molar-refractivity contribution in [2.45, 2.75) is 52.0 Å². The van der Waals surface area contributed by atoms with E-state index in [9.17, 15) is 9.59 Å². The van der Waals surface area contributed by atoms with Crippen LogP contribution in [0.25, 0.3) is 15.9 Å². The van der Waals surface area contributed by atoms with Gasteiger partial charge >= 0.3 is 0 Å². The number of hydrogen-bond acceptors (Lipinski definition) is 6. The van der Waals surface area contributed by atoms with Crippen molar-refractivity contribution in [1.29, 1.82) is 0 Å². The Balaban J connectivity index is 1.46. The average Bonchev–Trinajstić information content (AvgIpc) is 3.23. The van der Waals surface area contributed by atoms with Crippen molar-refractivity contribution >= 4 is 43.9 Å². The first-order valence-electron chi connectivity index (χ1n) is 11.5. The third-order valence-corrected chi connectivity index (χ3v) is 7.35. The van der Waals surface area contributed by atoms with E-state index in [2.05, 4.69) is 40.6 Å². The highest BCUT2D eigenvalue weighted by molar-refractivity contribution is 7.20. The summed E-state index contributed by atoms with van der Waals surface area (Å²) < 4.78 is 1.33. The number of hydrogen-bond donors (Lipinski definition) is 2. The van der Waals surface area contributed by atoms with Crippen molar-refractivity contribution in [3.63, 3.8) is 0 Å². The van der Waals surface area contributed by atoms with Crippen LogP contribution in [0.4, 0.5) is 10.8 Å². The number of aromatic nitrogens is 3. The lowest BCUT2D eigenvalue weighted by Gasteiger charge is -2.29. The van der Waals surface area contributed by atoms with E-state index in [4.69, 9.17) is 0 Å². The summed E-state index contributed by atoms with van der Waals surface area (Å²) in [5.74, 6) is 0.368. The van der Waals surface area contributed by atoms with Crippen LogP contribution in [0.1, 0.15) is 55.5 Å². The first-order valence-corrected chi connectivity index (χ1v) is 12.3. The van der Waals surface area contributed by atoms with Crippen LogP contribution in [0.5, 0.6) is 0 Å². The van der Waals surface area contributed by atoms with E-state index in [1.165, 1.54) is 27.8 Å². The van der Waals surface area contributed by atoms with Gasteiger partial charge in [-0.3, -0.25) is 9.59 Å². The molecule has 0 bridgehead atoms. The summed E-state index contributed by atoms with van der Waals surface area (Å²) in [6.07, 6.45) is 5.42. The fourth-order valence-electron chi connectivity index (χ4n) is 4.55. The van der Waals surface area contributed by atoms with Gasteiger partial charge < -0.3 is 10.6 Å². The van der Waals surface area contributed by atoms with E-state index in [1.807, 2.05) is 18.2 Å². The standard InChI is InChI=1S/C25H27N5O2S/c1-3-16-9-5-7-11-20(16)27-24-29-30-23(32)18-13-12-17(14-21(18)28-25(30)33-24)22(31)26-19-10-6-4-8-15(19)2/h5,7,9,11-15,19H,3-4,6,8,10H2,1-2H3,(H,26,31)(H,27,29). The van der Waals surface area contributed by atoms with Crippen LogP contribution in [0.3, 0.4) is 0 Å². The smallest absolute Gasteiger partial charge is 0.283 e.